The maximum absolute atomic E-state index is 5.98. The molecule has 0 saturated heterocycles. The zero-order valence-corrected chi connectivity index (χ0v) is 10.3. The lowest BCUT2D eigenvalue weighted by Crippen LogP contribution is -2.24. The minimum Gasteiger partial charge on any atom is -0.381 e. The van der Waals surface area contributed by atoms with Gasteiger partial charge >= 0.3 is 0 Å². The predicted molar refractivity (Wildman–Crippen MR) is 64.3 cm³/mol. The zero-order chi connectivity index (χ0) is 11.1. The van der Waals surface area contributed by atoms with Gasteiger partial charge in [-0.1, -0.05) is 6.92 Å². The number of aromatic nitrogens is 1. The summed E-state index contributed by atoms with van der Waals surface area (Å²) in [5.41, 5.74) is 7.09. The number of ether oxygens (including phenoxy) is 1. The Kier molecular flexibility index (Phi) is 5.83. The molecule has 1 aromatic rings. The summed E-state index contributed by atoms with van der Waals surface area (Å²) < 4.78 is 5.40. The van der Waals surface area contributed by atoms with E-state index in [0.717, 1.165) is 43.2 Å². The fourth-order valence-corrected chi connectivity index (χ4v) is 1.98. The number of aryl methyl sites for hydroxylation is 1. The Labute approximate surface area is 95.7 Å². The fourth-order valence-electron chi connectivity index (χ4n) is 1.35. The first-order valence-corrected chi connectivity index (χ1v) is 6.34. The first kappa shape index (κ1) is 12.6. The van der Waals surface area contributed by atoms with Crippen LogP contribution in [-0.2, 0) is 11.2 Å². The Morgan fingerprint density at radius 2 is 2.33 bits per heavy atom. The van der Waals surface area contributed by atoms with Crippen molar-refractivity contribution in [1.82, 2.24) is 4.98 Å². The molecule has 0 aromatic carbocycles. The molecule has 0 bridgehead atoms. The highest BCUT2D eigenvalue weighted by Gasteiger charge is 2.06. The van der Waals surface area contributed by atoms with Gasteiger partial charge in [0, 0.05) is 31.1 Å². The van der Waals surface area contributed by atoms with E-state index in [2.05, 4.69) is 17.3 Å². The molecule has 15 heavy (non-hydrogen) atoms. The Balaban J connectivity index is 2.15. The molecule has 0 aliphatic carbocycles. The van der Waals surface area contributed by atoms with Crippen LogP contribution in [-0.4, -0.2) is 24.2 Å². The van der Waals surface area contributed by atoms with E-state index in [4.69, 9.17) is 10.5 Å². The van der Waals surface area contributed by atoms with Gasteiger partial charge in [-0.3, -0.25) is 0 Å². The van der Waals surface area contributed by atoms with Crippen molar-refractivity contribution in [2.24, 2.45) is 5.73 Å². The number of hydrogen-bond donors (Lipinski definition) is 1. The molecule has 3 nitrogen and oxygen atoms in total. The van der Waals surface area contributed by atoms with E-state index in [1.165, 1.54) is 0 Å². The van der Waals surface area contributed by atoms with Crippen LogP contribution in [0.4, 0.5) is 0 Å². The Morgan fingerprint density at radius 3 is 2.93 bits per heavy atom. The van der Waals surface area contributed by atoms with Crippen molar-refractivity contribution in [2.45, 2.75) is 39.2 Å². The minimum atomic E-state index is 0.170. The van der Waals surface area contributed by atoms with Crippen molar-refractivity contribution in [1.29, 1.82) is 0 Å². The van der Waals surface area contributed by atoms with Gasteiger partial charge in [-0.25, -0.2) is 4.98 Å². The van der Waals surface area contributed by atoms with E-state index in [0.29, 0.717) is 0 Å². The van der Waals surface area contributed by atoms with Crippen LogP contribution in [0.3, 0.4) is 0 Å². The molecule has 1 atom stereocenters. The highest BCUT2D eigenvalue weighted by molar-refractivity contribution is 7.09. The van der Waals surface area contributed by atoms with Gasteiger partial charge in [0.1, 0.15) is 0 Å². The topological polar surface area (TPSA) is 48.1 Å². The molecule has 1 heterocycles. The smallest absolute Gasteiger partial charge is 0.0897 e. The summed E-state index contributed by atoms with van der Waals surface area (Å²) in [7, 11) is 0. The van der Waals surface area contributed by atoms with Crippen LogP contribution in [0.2, 0.25) is 0 Å². The van der Waals surface area contributed by atoms with Crippen LogP contribution in [0.5, 0.6) is 0 Å². The van der Waals surface area contributed by atoms with E-state index < -0.39 is 0 Å². The summed E-state index contributed by atoms with van der Waals surface area (Å²) >= 11 is 1.68. The van der Waals surface area contributed by atoms with E-state index in [1.54, 1.807) is 11.3 Å². The standard InChI is InChI=1S/C11H20N2OS/c1-3-5-14-6-4-10(12)7-11-8-15-9(2)13-11/h8,10H,3-7,12H2,1-2H3. The van der Waals surface area contributed by atoms with E-state index in [9.17, 15) is 0 Å². The quantitative estimate of drug-likeness (QED) is 0.727. The molecule has 0 aliphatic heterocycles. The number of nitrogens with two attached hydrogens (primary N) is 1. The third-order valence-electron chi connectivity index (χ3n) is 2.12. The van der Waals surface area contributed by atoms with Crippen molar-refractivity contribution in [3.63, 3.8) is 0 Å². The first-order valence-electron chi connectivity index (χ1n) is 5.46. The molecular formula is C11H20N2OS. The Hall–Kier alpha value is -0.450. The summed E-state index contributed by atoms with van der Waals surface area (Å²) in [5.74, 6) is 0. The third-order valence-corrected chi connectivity index (χ3v) is 2.94. The van der Waals surface area contributed by atoms with Gasteiger partial charge in [-0.05, 0) is 19.8 Å². The number of hydrogen-bond acceptors (Lipinski definition) is 4. The number of thiazole rings is 1. The maximum Gasteiger partial charge on any atom is 0.0897 e. The van der Waals surface area contributed by atoms with Crippen LogP contribution in [0.15, 0.2) is 5.38 Å². The largest absolute Gasteiger partial charge is 0.381 e. The van der Waals surface area contributed by atoms with Crippen LogP contribution in [0, 0.1) is 6.92 Å². The van der Waals surface area contributed by atoms with E-state index in [1.807, 2.05) is 6.92 Å². The maximum atomic E-state index is 5.98. The van der Waals surface area contributed by atoms with Gasteiger partial charge in [0.2, 0.25) is 0 Å². The predicted octanol–water partition coefficient (Wildman–Crippen LogP) is 2.14. The Morgan fingerprint density at radius 1 is 1.53 bits per heavy atom. The lowest BCUT2D eigenvalue weighted by Gasteiger charge is -2.09. The minimum absolute atomic E-state index is 0.170. The summed E-state index contributed by atoms with van der Waals surface area (Å²) in [6.45, 7) is 5.72. The molecular weight excluding hydrogens is 208 g/mol. The van der Waals surface area contributed by atoms with Crippen LogP contribution >= 0.6 is 11.3 Å². The van der Waals surface area contributed by atoms with Crippen molar-refractivity contribution < 1.29 is 4.74 Å². The molecule has 1 unspecified atom stereocenters. The third kappa shape index (κ3) is 5.25. The molecule has 1 rings (SSSR count). The Bertz CT molecular complexity index is 275. The summed E-state index contributed by atoms with van der Waals surface area (Å²) in [4.78, 5) is 4.39. The van der Waals surface area contributed by atoms with Crippen LogP contribution in [0.25, 0.3) is 0 Å². The zero-order valence-electron chi connectivity index (χ0n) is 9.53. The van der Waals surface area contributed by atoms with Gasteiger partial charge in [0.05, 0.1) is 10.7 Å². The summed E-state index contributed by atoms with van der Waals surface area (Å²) in [6.07, 6.45) is 2.84. The molecule has 0 spiro atoms. The molecule has 0 saturated carbocycles. The van der Waals surface area contributed by atoms with Gasteiger partial charge in [-0.15, -0.1) is 11.3 Å². The van der Waals surface area contributed by atoms with Gasteiger partial charge in [-0.2, -0.15) is 0 Å². The summed E-state index contributed by atoms with van der Waals surface area (Å²) in [5, 5.41) is 3.20. The van der Waals surface area contributed by atoms with Gasteiger partial charge in [0.15, 0.2) is 0 Å². The molecule has 0 radical (unpaired) electrons. The van der Waals surface area contributed by atoms with Crippen molar-refractivity contribution in [3.05, 3.63) is 16.1 Å². The van der Waals surface area contributed by atoms with E-state index in [-0.39, 0.29) is 6.04 Å². The number of rotatable bonds is 7. The van der Waals surface area contributed by atoms with Crippen molar-refractivity contribution in [3.8, 4) is 0 Å². The van der Waals surface area contributed by atoms with E-state index >= 15 is 0 Å². The molecule has 4 heteroatoms. The molecule has 2 N–H and O–H groups in total. The van der Waals surface area contributed by atoms with Crippen LogP contribution < -0.4 is 5.73 Å². The van der Waals surface area contributed by atoms with Crippen LogP contribution in [0.1, 0.15) is 30.5 Å². The lowest BCUT2D eigenvalue weighted by molar-refractivity contribution is 0.127. The SMILES string of the molecule is CCCOCCC(N)Cc1csc(C)n1. The first-order chi connectivity index (χ1) is 7.22. The molecule has 0 amide bonds. The lowest BCUT2D eigenvalue weighted by atomic mass is 10.1. The molecule has 1 aromatic heterocycles. The normalized spacial score (nSPS) is 13.0. The fraction of sp³-hybridized carbons (Fsp3) is 0.727. The highest BCUT2D eigenvalue weighted by Crippen LogP contribution is 2.10. The second-order valence-electron chi connectivity index (χ2n) is 3.72. The molecule has 0 fully saturated rings. The average molecular weight is 228 g/mol. The summed E-state index contributed by atoms with van der Waals surface area (Å²) in [6, 6.07) is 0.170. The highest BCUT2D eigenvalue weighted by atomic mass is 32.1. The molecule has 86 valence electrons. The van der Waals surface area contributed by atoms with Crippen molar-refractivity contribution in [2.75, 3.05) is 13.2 Å². The average Bonchev–Trinajstić information content (AvgIpc) is 2.59. The monoisotopic (exact) mass is 228 g/mol. The van der Waals surface area contributed by atoms with Crippen molar-refractivity contribution >= 4 is 11.3 Å². The second-order valence-corrected chi connectivity index (χ2v) is 4.79. The molecule has 0 aliphatic rings. The van der Waals surface area contributed by atoms with Gasteiger partial charge in [0.25, 0.3) is 0 Å². The number of nitrogens with zero attached hydrogens (tertiary/aromatic N) is 1. The van der Waals surface area contributed by atoms with Gasteiger partial charge < -0.3 is 10.5 Å². The second kappa shape index (κ2) is 6.93.